The van der Waals surface area contributed by atoms with Gasteiger partial charge in [0.05, 0.1) is 18.9 Å². The van der Waals surface area contributed by atoms with Gasteiger partial charge in [-0.15, -0.1) is 0 Å². The summed E-state index contributed by atoms with van der Waals surface area (Å²) in [5, 5.41) is 2.67. The van der Waals surface area contributed by atoms with Crippen molar-refractivity contribution in [1.29, 1.82) is 0 Å². The van der Waals surface area contributed by atoms with Gasteiger partial charge in [0, 0.05) is 6.54 Å². The third-order valence-corrected chi connectivity index (χ3v) is 3.21. The predicted molar refractivity (Wildman–Crippen MR) is 78.2 cm³/mol. The topological polar surface area (TPSA) is 51.2 Å². The Hall–Kier alpha value is -2.14. The first kappa shape index (κ1) is 15.3. The van der Waals surface area contributed by atoms with E-state index < -0.39 is 11.7 Å². The van der Waals surface area contributed by atoms with Crippen molar-refractivity contribution in [1.82, 2.24) is 10.3 Å². The zero-order chi connectivity index (χ0) is 15.2. The van der Waals surface area contributed by atoms with Crippen LogP contribution in [0, 0.1) is 5.82 Å². The Labute approximate surface area is 126 Å². The van der Waals surface area contributed by atoms with E-state index in [1.54, 1.807) is 7.11 Å². The molecule has 0 saturated heterocycles. The van der Waals surface area contributed by atoms with Crippen LogP contribution in [-0.2, 0) is 6.42 Å². The molecule has 0 saturated carbocycles. The number of carbonyl (C=O) groups excluding carboxylic acids is 1. The predicted octanol–water partition coefficient (Wildman–Crippen LogP) is 2.86. The highest BCUT2D eigenvalue weighted by molar-refractivity contribution is 6.32. The molecule has 1 amide bonds. The van der Waals surface area contributed by atoms with Gasteiger partial charge in [0.25, 0.3) is 5.91 Å². The number of ether oxygens (including phenoxy) is 1. The molecule has 0 atom stereocenters. The first-order chi connectivity index (χ1) is 10.1. The SMILES string of the molecule is COc1ccc(CCNC(=O)c2cc(F)cnc2Cl)cc1. The van der Waals surface area contributed by atoms with Gasteiger partial charge >= 0.3 is 0 Å². The lowest BCUT2D eigenvalue weighted by Crippen LogP contribution is -2.26. The zero-order valence-corrected chi connectivity index (χ0v) is 12.2. The van der Waals surface area contributed by atoms with Gasteiger partial charge < -0.3 is 10.1 Å². The van der Waals surface area contributed by atoms with Gasteiger partial charge in [-0.05, 0) is 30.2 Å². The molecule has 0 aliphatic heterocycles. The largest absolute Gasteiger partial charge is 0.497 e. The number of methoxy groups -OCH3 is 1. The number of rotatable bonds is 5. The fraction of sp³-hybridized carbons (Fsp3) is 0.200. The molecule has 1 aromatic heterocycles. The Balaban J connectivity index is 1.90. The molecular formula is C15H14ClFN2O2. The number of nitrogens with zero attached hydrogens (tertiary/aromatic N) is 1. The lowest BCUT2D eigenvalue weighted by atomic mass is 10.1. The minimum Gasteiger partial charge on any atom is -0.497 e. The van der Waals surface area contributed by atoms with Gasteiger partial charge in [-0.3, -0.25) is 4.79 Å². The summed E-state index contributed by atoms with van der Waals surface area (Å²) in [4.78, 5) is 15.5. The maximum atomic E-state index is 13.1. The fourth-order valence-corrected chi connectivity index (χ4v) is 1.98. The van der Waals surface area contributed by atoms with E-state index >= 15 is 0 Å². The van der Waals surface area contributed by atoms with Gasteiger partial charge in [0.2, 0.25) is 0 Å². The Morgan fingerprint density at radius 1 is 1.38 bits per heavy atom. The summed E-state index contributed by atoms with van der Waals surface area (Å²) in [5.74, 6) is -0.263. The van der Waals surface area contributed by atoms with Crippen molar-refractivity contribution in [3.05, 3.63) is 58.6 Å². The quantitative estimate of drug-likeness (QED) is 0.864. The number of benzene rings is 1. The summed E-state index contributed by atoms with van der Waals surface area (Å²) in [5.41, 5.74) is 1.09. The van der Waals surface area contributed by atoms with Crippen LogP contribution in [0.5, 0.6) is 5.75 Å². The van der Waals surface area contributed by atoms with Crippen LogP contribution in [-0.4, -0.2) is 24.5 Å². The molecule has 6 heteroatoms. The van der Waals surface area contributed by atoms with Gasteiger partial charge in [-0.1, -0.05) is 23.7 Å². The highest BCUT2D eigenvalue weighted by atomic mass is 35.5. The number of pyridine rings is 1. The highest BCUT2D eigenvalue weighted by Gasteiger charge is 2.12. The Morgan fingerprint density at radius 2 is 2.10 bits per heavy atom. The summed E-state index contributed by atoms with van der Waals surface area (Å²) in [6, 6.07) is 8.61. The minimum absolute atomic E-state index is 0.0154. The summed E-state index contributed by atoms with van der Waals surface area (Å²) in [6.45, 7) is 0.415. The monoisotopic (exact) mass is 308 g/mol. The second kappa shape index (κ2) is 7.04. The number of carbonyl (C=O) groups is 1. The molecule has 4 nitrogen and oxygen atoms in total. The number of hydrogen-bond donors (Lipinski definition) is 1. The van der Waals surface area contributed by atoms with Crippen LogP contribution in [0.15, 0.2) is 36.5 Å². The summed E-state index contributed by atoms with van der Waals surface area (Å²) < 4.78 is 18.1. The molecule has 0 aliphatic rings. The molecule has 0 bridgehead atoms. The first-order valence-corrected chi connectivity index (χ1v) is 6.70. The van der Waals surface area contributed by atoms with Crippen LogP contribution >= 0.6 is 11.6 Å². The highest BCUT2D eigenvalue weighted by Crippen LogP contribution is 2.14. The Kier molecular flexibility index (Phi) is 5.11. The van der Waals surface area contributed by atoms with E-state index in [4.69, 9.17) is 16.3 Å². The van der Waals surface area contributed by atoms with E-state index in [9.17, 15) is 9.18 Å². The maximum Gasteiger partial charge on any atom is 0.254 e. The van der Waals surface area contributed by atoms with Gasteiger partial charge in [-0.25, -0.2) is 9.37 Å². The van der Waals surface area contributed by atoms with Crippen molar-refractivity contribution in [2.24, 2.45) is 0 Å². The van der Waals surface area contributed by atoms with E-state index in [0.717, 1.165) is 23.6 Å². The first-order valence-electron chi connectivity index (χ1n) is 6.32. The van der Waals surface area contributed by atoms with E-state index in [2.05, 4.69) is 10.3 Å². The molecule has 0 aliphatic carbocycles. The van der Waals surface area contributed by atoms with Crippen molar-refractivity contribution >= 4 is 17.5 Å². The third-order valence-electron chi connectivity index (χ3n) is 2.91. The standard InChI is InChI=1S/C15H14ClFN2O2/c1-21-12-4-2-10(3-5-12)6-7-18-15(20)13-8-11(17)9-19-14(13)16/h2-5,8-9H,6-7H2,1H3,(H,18,20). The van der Waals surface area contributed by atoms with Crippen molar-refractivity contribution < 1.29 is 13.9 Å². The molecule has 0 unspecified atom stereocenters. The van der Waals surface area contributed by atoms with Crippen molar-refractivity contribution in [3.63, 3.8) is 0 Å². The summed E-state index contributed by atoms with van der Waals surface area (Å²) in [7, 11) is 1.60. The second-order valence-electron chi connectivity index (χ2n) is 4.35. The Bertz CT molecular complexity index is 632. The minimum atomic E-state index is -0.597. The fourth-order valence-electron chi connectivity index (χ4n) is 1.79. The van der Waals surface area contributed by atoms with Crippen molar-refractivity contribution in [2.45, 2.75) is 6.42 Å². The van der Waals surface area contributed by atoms with Crippen LogP contribution in [0.2, 0.25) is 5.15 Å². The van der Waals surface area contributed by atoms with Crippen molar-refractivity contribution in [3.8, 4) is 5.75 Å². The molecule has 2 aromatic rings. The number of halogens is 2. The molecule has 1 N–H and O–H groups in total. The van der Waals surface area contributed by atoms with E-state index in [0.29, 0.717) is 13.0 Å². The maximum absolute atomic E-state index is 13.1. The van der Waals surface area contributed by atoms with Crippen molar-refractivity contribution in [2.75, 3.05) is 13.7 Å². The number of aromatic nitrogens is 1. The molecular weight excluding hydrogens is 295 g/mol. The van der Waals surface area contributed by atoms with E-state index in [1.165, 1.54) is 0 Å². The van der Waals surface area contributed by atoms with Crippen LogP contribution in [0.1, 0.15) is 15.9 Å². The third kappa shape index (κ3) is 4.16. The van der Waals surface area contributed by atoms with Crippen LogP contribution < -0.4 is 10.1 Å². The molecule has 21 heavy (non-hydrogen) atoms. The Morgan fingerprint density at radius 3 is 2.76 bits per heavy atom. The van der Waals surface area contributed by atoms with E-state index in [-0.39, 0.29) is 10.7 Å². The van der Waals surface area contributed by atoms with Gasteiger partial charge in [0.1, 0.15) is 16.7 Å². The number of nitrogens with one attached hydrogen (secondary N) is 1. The molecule has 0 radical (unpaired) electrons. The van der Waals surface area contributed by atoms with Gasteiger partial charge in [-0.2, -0.15) is 0 Å². The van der Waals surface area contributed by atoms with Crippen LogP contribution in [0.25, 0.3) is 0 Å². The summed E-state index contributed by atoms with van der Waals surface area (Å²) >= 11 is 5.77. The molecule has 0 spiro atoms. The normalized spacial score (nSPS) is 10.2. The van der Waals surface area contributed by atoms with Crippen LogP contribution in [0.4, 0.5) is 4.39 Å². The lowest BCUT2D eigenvalue weighted by Gasteiger charge is -2.07. The average molecular weight is 309 g/mol. The molecule has 1 aromatic carbocycles. The molecule has 1 heterocycles. The zero-order valence-electron chi connectivity index (χ0n) is 11.4. The molecule has 2 rings (SSSR count). The molecule has 0 fully saturated rings. The lowest BCUT2D eigenvalue weighted by molar-refractivity contribution is 0.0953. The average Bonchev–Trinajstić information content (AvgIpc) is 2.50. The van der Waals surface area contributed by atoms with Gasteiger partial charge in [0.15, 0.2) is 0 Å². The summed E-state index contributed by atoms with van der Waals surface area (Å²) in [6.07, 6.45) is 1.62. The van der Waals surface area contributed by atoms with E-state index in [1.807, 2.05) is 24.3 Å². The number of hydrogen-bond acceptors (Lipinski definition) is 3. The second-order valence-corrected chi connectivity index (χ2v) is 4.70. The number of amides is 1. The smallest absolute Gasteiger partial charge is 0.254 e. The molecule has 110 valence electrons. The van der Waals surface area contributed by atoms with Crippen LogP contribution in [0.3, 0.4) is 0 Å².